The first kappa shape index (κ1) is 10.5. The van der Waals surface area contributed by atoms with Crippen molar-refractivity contribution in [3.05, 3.63) is 23.9 Å². The molecule has 1 heterocycles. The van der Waals surface area contributed by atoms with Gasteiger partial charge in [-0.25, -0.2) is 4.98 Å². The monoisotopic (exact) mass is 191 g/mol. The molecule has 1 rings (SSSR count). The summed E-state index contributed by atoms with van der Waals surface area (Å²) in [5.41, 5.74) is -0.332. The fourth-order valence-corrected chi connectivity index (χ4v) is 0.936. The van der Waals surface area contributed by atoms with Crippen LogP contribution >= 0.6 is 0 Å². The van der Waals surface area contributed by atoms with Crippen LogP contribution in [0.3, 0.4) is 0 Å². The number of hydrogen-bond donors (Lipinski definition) is 2. The number of nitriles is 1. The molecule has 74 valence electrons. The minimum Gasteiger partial charge on any atom is -0.389 e. The van der Waals surface area contributed by atoms with E-state index in [2.05, 4.69) is 10.3 Å². The molecule has 0 radical (unpaired) electrons. The van der Waals surface area contributed by atoms with E-state index in [1.54, 1.807) is 32.2 Å². The second kappa shape index (κ2) is 4.07. The number of nitrogens with zero attached hydrogens (tertiary/aromatic N) is 2. The fourth-order valence-electron chi connectivity index (χ4n) is 0.936. The molecule has 4 heteroatoms. The first-order valence-corrected chi connectivity index (χ1v) is 4.34. The second-order valence-electron chi connectivity index (χ2n) is 3.68. The lowest BCUT2D eigenvalue weighted by molar-refractivity contribution is 0.0944. The van der Waals surface area contributed by atoms with E-state index in [-0.39, 0.29) is 0 Å². The molecule has 0 aliphatic heterocycles. The maximum atomic E-state index is 9.47. The van der Waals surface area contributed by atoms with Gasteiger partial charge in [0.25, 0.3) is 0 Å². The lowest BCUT2D eigenvalue weighted by Crippen LogP contribution is -2.29. The van der Waals surface area contributed by atoms with Crippen LogP contribution in [0.2, 0.25) is 0 Å². The van der Waals surface area contributed by atoms with E-state index in [4.69, 9.17) is 5.26 Å². The van der Waals surface area contributed by atoms with Crippen LogP contribution in [0.25, 0.3) is 0 Å². The topological polar surface area (TPSA) is 68.9 Å². The van der Waals surface area contributed by atoms with Crippen molar-refractivity contribution in [2.75, 3.05) is 11.9 Å². The van der Waals surface area contributed by atoms with Gasteiger partial charge < -0.3 is 10.4 Å². The Labute approximate surface area is 83.2 Å². The Morgan fingerprint density at radius 2 is 2.36 bits per heavy atom. The van der Waals surface area contributed by atoms with Crippen LogP contribution in [-0.2, 0) is 0 Å². The van der Waals surface area contributed by atoms with Crippen LogP contribution in [0.5, 0.6) is 0 Å². The second-order valence-corrected chi connectivity index (χ2v) is 3.68. The van der Waals surface area contributed by atoms with Crippen LogP contribution in [0.1, 0.15) is 19.4 Å². The van der Waals surface area contributed by atoms with E-state index >= 15 is 0 Å². The summed E-state index contributed by atoms with van der Waals surface area (Å²) < 4.78 is 0. The van der Waals surface area contributed by atoms with Crippen LogP contribution in [0.4, 0.5) is 5.82 Å². The minimum atomic E-state index is -0.815. The minimum absolute atomic E-state index is 0.360. The van der Waals surface area contributed by atoms with Crippen molar-refractivity contribution in [1.29, 1.82) is 5.26 Å². The number of rotatable bonds is 3. The van der Waals surface area contributed by atoms with Gasteiger partial charge in [-0.3, -0.25) is 0 Å². The van der Waals surface area contributed by atoms with E-state index in [1.807, 2.05) is 6.07 Å². The standard InChI is InChI=1S/C10H13N3O/c1-10(2,14)7-13-9-8(6-11)4-3-5-12-9/h3-5,14H,7H2,1-2H3,(H,12,13). The third-order valence-electron chi connectivity index (χ3n) is 1.62. The predicted octanol–water partition coefficient (Wildman–Crippen LogP) is 1.14. The lowest BCUT2D eigenvalue weighted by atomic mass is 10.1. The highest BCUT2D eigenvalue weighted by Gasteiger charge is 2.12. The van der Waals surface area contributed by atoms with Crippen molar-refractivity contribution < 1.29 is 5.11 Å². The zero-order valence-electron chi connectivity index (χ0n) is 8.28. The summed E-state index contributed by atoms with van der Waals surface area (Å²) >= 11 is 0. The first-order chi connectivity index (χ1) is 6.53. The Morgan fingerprint density at radius 1 is 1.64 bits per heavy atom. The van der Waals surface area contributed by atoms with E-state index in [0.717, 1.165) is 0 Å². The van der Waals surface area contributed by atoms with Gasteiger partial charge in [0.05, 0.1) is 11.2 Å². The molecule has 2 N–H and O–H groups in total. The molecular formula is C10H13N3O. The number of hydrogen-bond acceptors (Lipinski definition) is 4. The van der Waals surface area contributed by atoms with Gasteiger partial charge in [-0.1, -0.05) is 0 Å². The molecule has 0 atom stereocenters. The highest BCUT2D eigenvalue weighted by atomic mass is 16.3. The third kappa shape index (κ3) is 3.04. The van der Waals surface area contributed by atoms with Crippen LogP contribution in [0, 0.1) is 11.3 Å². The van der Waals surface area contributed by atoms with E-state index < -0.39 is 5.60 Å². The number of aliphatic hydroxyl groups is 1. The van der Waals surface area contributed by atoms with Gasteiger partial charge in [0.2, 0.25) is 0 Å². The molecule has 0 bridgehead atoms. The molecule has 0 aromatic carbocycles. The third-order valence-corrected chi connectivity index (χ3v) is 1.62. The Bertz CT molecular complexity index is 349. The van der Waals surface area contributed by atoms with Gasteiger partial charge >= 0.3 is 0 Å². The average molecular weight is 191 g/mol. The lowest BCUT2D eigenvalue weighted by Gasteiger charge is -2.18. The molecule has 4 nitrogen and oxygen atoms in total. The first-order valence-electron chi connectivity index (χ1n) is 4.34. The molecular weight excluding hydrogens is 178 g/mol. The van der Waals surface area contributed by atoms with Crippen molar-refractivity contribution >= 4 is 5.82 Å². The van der Waals surface area contributed by atoms with Crippen molar-refractivity contribution in [2.45, 2.75) is 19.4 Å². The molecule has 0 saturated carbocycles. The summed E-state index contributed by atoms with van der Waals surface area (Å²) in [6.07, 6.45) is 1.60. The van der Waals surface area contributed by atoms with Crippen molar-refractivity contribution in [3.8, 4) is 6.07 Å². The van der Waals surface area contributed by atoms with Gasteiger partial charge in [-0.2, -0.15) is 5.26 Å². The average Bonchev–Trinajstić information content (AvgIpc) is 2.14. The van der Waals surface area contributed by atoms with E-state index in [9.17, 15) is 5.11 Å². The highest BCUT2D eigenvalue weighted by Crippen LogP contribution is 2.11. The van der Waals surface area contributed by atoms with Gasteiger partial charge in [0.1, 0.15) is 11.9 Å². The SMILES string of the molecule is CC(C)(O)CNc1ncccc1C#N. The summed E-state index contributed by atoms with van der Waals surface area (Å²) in [4.78, 5) is 4.01. The highest BCUT2D eigenvalue weighted by molar-refractivity contribution is 5.51. The maximum Gasteiger partial charge on any atom is 0.143 e. The summed E-state index contributed by atoms with van der Waals surface area (Å²) in [5, 5.41) is 21.1. The normalized spacial score (nSPS) is 10.7. The van der Waals surface area contributed by atoms with Crippen molar-refractivity contribution in [2.24, 2.45) is 0 Å². The number of aromatic nitrogens is 1. The Balaban J connectivity index is 2.73. The molecule has 1 aromatic rings. The quantitative estimate of drug-likeness (QED) is 0.751. The smallest absolute Gasteiger partial charge is 0.143 e. The summed E-state index contributed by atoms with van der Waals surface area (Å²) in [7, 11) is 0. The van der Waals surface area contributed by atoms with Gasteiger partial charge in [0, 0.05) is 12.7 Å². The van der Waals surface area contributed by atoms with Gasteiger partial charge in [-0.05, 0) is 26.0 Å². The molecule has 14 heavy (non-hydrogen) atoms. The number of nitrogens with one attached hydrogen (secondary N) is 1. The molecule has 0 fully saturated rings. The zero-order valence-corrected chi connectivity index (χ0v) is 8.28. The van der Waals surface area contributed by atoms with Crippen LogP contribution in [0.15, 0.2) is 18.3 Å². The maximum absolute atomic E-state index is 9.47. The number of pyridine rings is 1. The molecule has 1 aromatic heterocycles. The fraction of sp³-hybridized carbons (Fsp3) is 0.400. The predicted molar refractivity (Wildman–Crippen MR) is 53.7 cm³/mol. The molecule has 0 spiro atoms. The van der Waals surface area contributed by atoms with Crippen molar-refractivity contribution in [1.82, 2.24) is 4.98 Å². The van der Waals surface area contributed by atoms with Crippen molar-refractivity contribution in [3.63, 3.8) is 0 Å². The van der Waals surface area contributed by atoms with Crippen LogP contribution < -0.4 is 5.32 Å². The Morgan fingerprint density at radius 3 is 2.93 bits per heavy atom. The summed E-state index contributed by atoms with van der Waals surface area (Å²) in [5.74, 6) is 0.511. The van der Waals surface area contributed by atoms with Crippen LogP contribution in [-0.4, -0.2) is 22.2 Å². The van der Waals surface area contributed by atoms with Gasteiger partial charge in [0.15, 0.2) is 0 Å². The van der Waals surface area contributed by atoms with E-state index in [1.165, 1.54) is 0 Å². The Kier molecular flexibility index (Phi) is 3.05. The molecule has 0 amide bonds. The molecule has 0 unspecified atom stereocenters. The largest absolute Gasteiger partial charge is 0.389 e. The summed E-state index contributed by atoms with van der Waals surface area (Å²) in [6, 6.07) is 5.41. The summed E-state index contributed by atoms with van der Waals surface area (Å²) in [6.45, 7) is 3.74. The molecule has 0 aliphatic rings. The Hall–Kier alpha value is -1.60. The zero-order chi connectivity index (χ0) is 10.6. The molecule has 0 saturated heterocycles. The van der Waals surface area contributed by atoms with E-state index in [0.29, 0.717) is 17.9 Å². The van der Waals surface area contributed by atoms with Gasteiger partial charge in [-0.15, -0.1) is 0 Å². The molecule has 0 aliphatic carbocycles. The number of anilines is 1.